The molecule has 2 aromatic rings. The molecular formula is C13H13NO2. The molecule has 0 bridgehead atoms. The molecule has 0 spiro atoms. The molecule has 0 saturated heterocycles. The van der Waals surface area contributed by atoms with Crippen molar-refractivity contribution in [3.05, 3.63) is 42.0 Å². The topological polar surface area (TPSA) is 52.3 Å². The molecule has 0 atom stereocenters. The predicted octanol–water partition coefficient (Wildman–Crippen LogP) is 2.60. The van der Waals surface area contributed by atoms with Crippen molar-refractivity contribution >= 4 is 22.4 Å². The standard InChI is InChI=1S/C13H13NO2/c1-2-16-13(15)10-7-9-5-3-4-6-11(9)12(14)8-10/h3-8H,2,14H2,1H3. The normalized spacial score (nSPS) is 10.3. The zero-order valence-corrected chi connectivity index (χ0v) is 9.07. The lowest BCUT2D eigenvalue weighted by molar-refractivity contribution is 0.0526. The van der Waals surface area contributed by atoms with Gasteiger partial charge in [-0.1, -0.05) is 24.3 Å². The maximum atomic E-state index is 11.6. The Balaban J connectivity index is 2.53. The molecule has 3 nitrogen and oxygen atoms in total. The van der Waals surface area contributed by atoms with Gasteiger partial charge in [0.1, 0.15) is 0 Å². The van der Waals surface area contributed by atoms with Gasteiger partial charge in [-0.2, -0.15) is 0 Å². The molecule has 0 radical (unpaired) electrons. The molecule has 0 amide bonds. The third-order valence-electron chi connectivity index (χ3n) is 2.40. The molecule has 82 valence electrons. The van der Waals surface area contributed by atoms with Crippen molar-refractivity contribution in [3.8, 4) is 0 Å². The van der Waals surface area contributed by atoms with E-state index in [1.54, 1.807) is 19.1 Å². The minimum Gasteiger partial charge on any atom is -0.462 e. The Hall–Kier alpha value is -2.03. The number of nitrogen functional groups attached to an aromatic ring is 1. The van der Waals surface area contributed by atoms with E-state index >= 15 is 0 Å². The summed E-state index contributed by atoms with van der Waals surface area (Å²) in [4.78, 5) is 11.6. The van der Waals surface area contributed by atoms with Gasteiger partial charge in [0.25, 0.3) is 0 Å². The molecule has 2 N–H and O–H groups in total. The van der Waals surface area contributed by atoms with Gasteiger partial charge in [-0.15, -0.1) is 0 Å². The Morgan fingerprint density at radius 1 is 1.31 bits per heavy atom. The number of carbonyl (C=O) groups is 1. The lowest BCUT2D eigenvalue weighted by atomic mass is 10.1. The van der Waals surface area contributed by atoms with Crippen molar-refractivity contribution in [2.75, 3.05) is 12.3 Å². The Labute approximate surface area is 93.8 Å². The number of nitrogens with two attached hydrogens (primary N) is 1. The zero-order valence-electron chi connectivity index (χ0n) is 9.07. The van der Waals surface area contributed by atoms with Crippen LogP contribution in [0.25, 0.3) is 10.8 Å². The van der Waals surface area contributed by atoms with Crippen molar-refractivity contribution in [1.29, 1.82) is 0 Å². The molecule has 0 unspecified atom stereocenters. The first-order valence-corrected chi connectivity index (χ1v) is 5.17. The minimum absolute atomic E-state index is 0.333. The van der Waals surface area contributed by atoms with Crippen LogP contribution in [0, 0.1) is 0 Å². The highest BCUT2D eigenvalue weighted by atomic mass is 16.5. The largest absolute Gasteiger partial charge is 0.462 e. The van der Waals surface area contributed by atoms with Crippen LogP contribution in [0.3, 0.4) is 0 Å². The second-order valence-corrected chi connectivity index (χ2v) is 3.51. The van der Waals surface area contributed by atoms with E-state index in [1.807, 2.05) is 24.3 Å². The van der Waals surface area contributed by atoms with Crippen LogP contribution in [0.1, 0.15) is 17.3 Å². The number of benzene rings is 2. The van der Waals surface area contributed by atoms with Crippen LogP contribution in [-0.4, -0.2) is 12.6 Å². The third kappa shape index (κ3) is 1.84. The van der Waals surface area contributed by atoms with Gasteiger partial charge >= 0.3 is 5.97 Å². The average Bonchev–Trinajstić information content (AvgIpc) is 2.29. The van der Waals surface area contributed by atoms with Gasteiger partial charge in [0.15, 0.2) is 0 Å². The molecule has 0 aliphatic heterocycles. The summed E-state index contributed by atoms with van der Waals surface area (Å²) in [7, 11) is 0. The van der Waals surface area contributed by atoms with Crippen molar-refractivity contribution in [3.63, 3.8) is 0 Å². The smallest absolute Gasteiger partial charge is 0.338 e. The maximum Gasteiger partial charge on any atom is 0.338 e. The summed E-state index contributed by atoms with van der Waals surface area (Å²) in [6.07, 6.45) is 0. The molecule has 0 aliphatic carbocycles. The van der Waals surface area contributed by atoms with Gasteiger partial charge in [0, 0.05) is 11.1 Å². The van der Waals surface area contributed by atoms with Gasteiger partial charge in [-0.3, -0.25) is 0 Å². The lowest BCUT2D eigenvalue weighted by Crippen LogP contribution is -2.05. The maximum absolute atomic E-state index is 11.6. The molecule has 16 heavy (non-hydrogen) atoms. The van der Waals surface area contributed by atoms with Crippen LogP contribution in [0.4, 0.5) is 5.69 Å². The van der Waals surface area contributed by atoms with Gasteiger partial charge in [-0.05, 0) is 24.4 Å². The van der Waals surface area contributed by atoms with Gasteiger partial charge in [-0.25, -0.2) is 4.79 Å². The van der Waals surface area contributed by atoms with Gasteiger partial charge in [0.05, 0.1) is 12.2 Å². The number of anilines is 1. The summed E-state index contributed by atoms with van der Waals surface area (Å²) < 4.78 is 4.94. The van der Waals surface area contributed by atoms with Crippen LogP contribution >= 0.6 is 0 Å². The van der Waals surface area contributed by atoms with E-state index < -0.39 is 0 Å². The highest BCUT2D eigenvalue weighted by Gasteiger charge is 2.09. The number of fused-ring (bicyclic) bond motifs is 1. The Morgan fingerprint density at radius 3 is 2.81 bits per heavy atom. The fourth-order valence-electron chi connectivity index (χ4n) is 1.67. The van der Waals surface area contributed by atoms with Crippen LogP contribution < -0.4 is 5.73 Å². The van der Waals surface area contributed by atoms with E-state index in [0.29, 0.717) is 17.9 Å². The van der Waals surface area contributed by atoms with Gasteiger partial charge in [0.2, 0.25) is 0 Å². The molecule has 0 fully saturated rings. The van der Waals surface area contributed by atoms with E-state index in [2.05, 4.69) is 0 Å². The Bertz CT molecular complexity index is 534. The SMILES string of the molecule is CCOC(=O)c1cc(N)c2ccccc2c1. The average molecular weight is 215 g/mol. The fourth-order valence-corrected chi connectivity index (χ4v) is 1.67. The first-order chi connectivity index (χ1) is 7.72. The van der Waals surface area contributed by atoms with E-state index in [-0.39, 0.29) is 5.97 Å². The molecule has 0 aliphatic rings. The highest BCUT2D eigenvalue weighted by molar-refractivity contribution is 6.00. The molecule has 3 heteroatoms. The zero-order chi connectivity index (χ0) is 11.5. The lowest BCUT2D eigenvalue weighted by Gasteiger charge is -2.06. The van der Waals surface area contributed by atoms with Crippen LogP contribution in [-0.2, 0) is 4.74 Å². The summed E-state index contributed by atoms with van der Waals surface area (Å²) in [5.74, 6) is -0.333. The Kier molecular flexibility index (Phi) is 2.77. The second-order valence-electron chi connectivity index (χ2n) is 3.51. The van der Waals surface area contributed by atoms with Crippen molar-refractivity contribution in [2.24, 2.45) is 0 Å². The summed E-state index contributed by atoms with van der Waals surface area (Å²) in [6.45, 7) is 2.15. The van der Waals surface area contributed by atoms with Crippen LogP contribution in [0.15, 0.2) is 36.4 Å². The van der Waals surface area contributed by atoms with Crippen molar-refractivity contribution < 1.29 is 9.53 Å². The quantitative estimate of drug-likeness (QED) is 0.618. The number of rotatable bonds is 2. The number of hydrogen-bond donors (Lipinski definition) is 1. The van der Waals surface area contributed by atoms with E-state index in [0.717, 1.165) is 10.8 Å². The summed E-state index contributed by atoms with van der Waals surface area (Å²) >= 11 is 0. The molecule has 2 aromatic carbocycles. The van der Waals surface area contributed by atoms with E-state index in [1.165, 1.54) is 0 Å². The number of carbonyl (C=O) groups excluding carboxylic acids is 1. The Morgan fingerprint density at radius 2 is 2.06 bits per heavy atom. The highest BCUT2D eigenvalue weighted by Crippen LogP contribution is 2.23. The number of ether oxygens (including phenoxy) is 1. The van der Waals surface area contributed by atoms with Gasteiger partial charge < -0.3 is 10.5 Å². The van der Waals surface area contributed by atoms with E-state index in [9.17, 15) is 4.79 Å². The monoisotopic (exact) mass is 215 g/mol. The molecule has 0 saturated carbocycles. The summed E-state index contributed by atoms with van der Waals surface area (Å²) in [6, 6.07) is 11.1. The summed E-state index contributed by atoms with van der Waals surface area (Å²) in [5, 5.41) is 1.90. The van der Waals surface area contributed by atoms with Crippen LogP contribution in [0.5, 0.6) is 0 Å². The van der Waals surface area contributed by atoms with Crippen LogP contribution in [0.2, 0.25) is 0 Å². The molecule has 0 heterocycles. The van der Waals surface area contributed by atoms with Crippen molar-refractivity contribution in [2.45, 2.75) is 6.92 Å². The molecular weight excluding hydrogens is 202 g/mol. The first-order valence-electron chi connectivity index (χ1n) is 5.17. The summed E-state index contributed by atoms with van der Waals surface area (Å²) in [5.41, 5.74) is 6.98. The first kappa shape index (κ1) is 10.5. The second kappa shape index (κ2) is 4.23. The van der Waals surface area contributed by atoms with E-state index in [4.69, 9.17) is 10.5 Å². The number of esters is 1. The fraction of sp³-hybridized carbons (Fsp3) is 0.154. The molecule has 2 rings (SSSR count). The minimum atomic E-state index is -0.333. The number of hydrogen-bond acceptors (Lipinski definition) is 3. The third-order valence-corrected chi connectivity index (χ3v) is 2.40. The van der Waals surface area contributed by atoms with Crippen molar-refractivity contribution in [1.82, 2.24) is 0 Å². The molecule has 0 aromatic heterocycles. The predicted molar refractivity (Wildman–Crippen MR) is 64.3 cm³/mol.